The zero-order valence-corrected chi connectivity index (χ0v) is 14.4. The van der Waals surface area contributed by atoms with Gasteiger partial charge in [-0.2, -0.15) is 10.1 Å². The SMILES string of the molecule is O=C(O)C[C@@H](CCCC1CCCCC1)c1nc(Cn2cncn2)no1. The van der Waals surface area contributed by atoms with E-state index < -0.39 is 5.97 Å². The highest BCUT2D eigenvalue weighted by Crippen LogP contribution is 2.31. The quantitative estimate of drug-likeness (QED) is 0.743. The van der Waals surface area contributed by atoms with E-state index in [0.717, 1.165) is 25.2 Å². The van der Waals surface area contributed by atoms with Crippen LogP contribution in [0.4, 0.5) is 0 Å². The Balaban J connectivity index is 1.55. The molecule has 0 saturated heterocycles. The molecule has 1 aliphatic carbocycles. The molecule has 0 unspecified atom stereocenters. The van der Waals surface area contributed by atoms with Crippen molar-refractivity contribution in [2.24, 2.45) is 5.92 Å². The van der Waals surface area contributed by atoms with E-state index in [1.165, 1.54) is 38.4 Å². The molecule has 0 aliphatic heterocycles. The second kappa shape index (κ2) is 8.73. The van der Waals surface area contributed by atoms with Crippen LogP contribution >= 0.6 is 0 Å². The smallest absolute Gasteiger partial charge is 0.304 e. The summed E-state index contributed by atoms with van der Waals surface area (Å²) >= 11 is 0. The number of hydrogen-bond acceptors (Lipinski definition) is 6. The van der Waals surface area contributed by atoms with Crippen molar-refractivity contribution in [1.82, 2.24) is 24.9 Å². The summed E-state index contributed by atoms with van der Waals surface area (Å²) in [6.07, 6.45) is 12.6. The van der Waals surface area contributed by atoms with Gasteiger partial charge in [-0.1, -0.05) is 50.1 Å². The van der Waals surface area contributed by atoms with E-state index in [0.29, 0.717) is 18.3 Å². The maximum atomic E-state index is 11.2. The summed E-state index contributed by atoms with van der Waals surface area (Å²) < 4.78 is 6.93. The average molecular weight is 347 g/mol. The molecule has 0 amide bonds. The lowest BCUT2D eigenvalue weighted by Gasteiger charge is -2.21. The van der Waals surface area contributed by atoms with E-state index >= 15 is 0 Å². The molecular weight excluding hydrogens is 322 g/mol. The fraction of sp³-hybridized carbons (Fsp3) is 0.706. The van der Waals surface area contributed by atoms with Gasteiger partial charge in [0.15, 0.2) is 5.82 Å². The highest BCUT2D eigenvalue weighted by Gasteiger charge is 2.23. The second-order valence-electron chi connectivity index (χ2n) is 6.87. The number of rotatable bonds is 9. The molecule has 3 rings (SSSR count). The number of aromatic nitrogens is 5. The van der Waals surface area contributed by atoms with Gasteiger partial charge in [-0.25, -0.2) is 9.67 Å². The maximum absolute atomic E-state index is 11.2. The molecule has 1 aliphatic rings. The van der Waals surface area contributed by atoms with Crippen LogP contribution in [0.2, 0.25) is 0 Å². The molecule has 1 fully saturated rings. The maximum Gasteiger partial charge on any atom is 0.304 e. The van der Waals surface area contributed by atoms with E-state index in [-0.39, 0.29) is 12.3 Å². The zero-order chi connectivity index (χ0) is 17.5. The molecule has 136 valence electrons. The lowest BCUT2D eigenvalue weighted by Crippen LogP contribution is -2.10. The van der Waals surface area contributed by atoms with Gasteiger partial charge in [0.2, 0.25) is 5.89 Å². The van der Waals surface area contributed by atoms with E-state index in [9.17, 15) is 9.90 Å². The highest BCUT2D eigenvalue weighted by atomic mass is 16.5. The average Bonchev–Trinajstić information content (AvgIpc) is 3.27. The van der Waals surface area contributed by atoms with Crippen molar-refractivity contribution in [3.05, 3.63) is 24.4 Å². The van der Waals surface area contributed by atoms with Crippen LogP contribution < -0.4 is 0 Å². The molecular formula is C17H25N5O3. The Morgan fingerprint density at radius 2 is 2.20 bits per heavy atom. The number of carboxylic acid groups (broad SMARTS) is 1. The van der Waals surface area contributed by atoms with Gasteiger partial charge in [-0.15, -0.1) is 0 Å². The molecule has 0 radical (unpaired) electrons. The van der Waals surface area contributed by atoms with Crippen molar-refractivity contribution in [1.29, 1.82) is 0 Å². The molecule has 8 heteroatoms. The number of aliphatic carboxylic acids is 1. The summed E-state index contributed by atoms with van der Waals surface area (Å²) in [5.41, 5.74) is 0. The summed E-state index contributed by atoms with van der Waals surface area (Å²) in [7, 11) is 0. The Hall–Kier alpha value is -2.25. The molecule has 0 aromatic carbocycles. The molecule has 8 nitrogen and oxygen atoms in total. The second-order valence-corrected chi connectivity index (χ2v) is 6.87. The number of carbonyl (C=O) groups is 1. The van der Waals surface area contributed by atoms with Crippen LogP contribution in [0, 0.1) is 5.92 Å². The Morgan fingerprint density at radius 3 is 2.92 bits per heavy atom. The Kier molecular flexibility index (Phi) is 6.14. The van der Waals surface area contributed by atoms with Gasteiger partial charge in [-0.05, 0) is 12.3 Å². The normalized spacial score (nSPS) is 16.8. The van der Waals surface area contributed by atoms with E-state index in [2.05, 4.69) is 20.2 Å². The van der Waals surface area contributed by atoms with E-state index in [1.54, 1.807) is 11.0 Å². The van der Waals surface area contributed by atoms with Gasteiger partial charge in [0, 0.05) is 5.92 Å². The monoisotopic (exact) mass is 347 g/mol. The first-order valence-electron chi connectivity index (χ1n) is 9.07. The Bertz CT molecular complexity index is 649. The first-order chi connectivity index (χ1) is 12.2. The number of nitrogens with zero attached hydrogens (tertiary/aromatic N) is 5. The summed E-state index contributed by atoms with van der Waals surface area (Å²) in [5.74, 6) is 0.644. The number of hydrogen-bond donors (Lipinski definition) is 1. The lowest BCUT2D eigenvalue weighted by molar-refractivity contribution is -0.137. The van der Waals surface area contributed by atoms with E-state index in [1.807, 2.05) is 0 Å². The third-order valence-corrected chi connectivity index (χ3v) is 4.91. The van der Waals surface area contributed by atoms with Crippen LogP contribution in [0.25, 0.3) is 0 Å². The summed E-state index contributed by atoms with van der Waals surface area (Å²) in [5, 5.41) is 17.1. The van der Waals surface area contributed by atoms with Crippen molar-refractivity contribution in [3.8, 4) is 0 Å². The van der Waals surface area contributed by atoms with Crippen LogP contribution in [0.1, 0.15) is 75.4 Å². The lowest BCUT2D eigenvalue weighted by atomic mass is 9.84. The molecule has 1 atom stereocenters. The van der Waals surface area contributed by atoms with Crippen molar-refractivity contribution in [2.75, 3.05) is 0 Å². The number of carboxylic acids is 1. The van der Waals surface area contributed by atoms with Crippen LogP contribution in [0.3, 0.4) is 0 Å². The standard InChI is InChI=1S/C17H25N5O3/c23-16(24)9-14(8-4-7-13-5-2-1-3-6-13)17-20-15(21-25-17)10-22-12-18-11-19-22/h11-14H,1-10H2,(H,23,24)/t14-/m1/s1. The molecule has 1 saturated carbocycles. The van der Waals surface area contributed by atoms with Crippen LogP contribution in [0.5, 0.6) is 0 Å². The molecule has 0 spiro atoms. The summed E-state index contributed by atoms with van der Waals surface area (Å²) in [4.78, 5) is 19.4. The fourth-order valence-corrected chi connectivity index (χ4v) is 3.61. The predicted molar refractivity (Wildman–Crippen MR) is 88.8 cm³/mol. The largest absolute Gasteiger partial charge is 0.481 e. The van der Waals surface area contributed by atoms with Crippen LogP contribution in [-0.2, 0) is 11.3 Å². The molecule has 0 bridgehead atoms. The first kappa shape index (κ1) is 17.6. The van der Waals surface area contributed by atoms with Crippen molar-refractivity contribution in [2.45, 2.75) is 70.3 Å². The molecule has 1 N–H and O–H groups in total. The van der Waals surface area contributed by atoms with Crippen molar-refractivity contribution in [3.63, 3.8) is 0 Å². The van der Waals surface area contributed by atoms with Crippen LogP contribution in [0.15, 0.2) is 17.2 Å². The van der Waals surface area contributed by atoms with E-state index in [4.69, 9.17) is 4.52 Å². The highest BCUT2D eigenvalue weighted by molar-refractivity contribution is 5.67. The minimum Gasteiger partial charge on any atom is -0.481 e. The van der Waals surface area contributed by atoms with Gasteiger partial charge in [0.1, 0.15) is 19.2 Å². The molecule has 2 heterocycles. The predicted octanol–water partition coefficient (Wildman–Crippen LogP) is 3.02. The minimum atomic E-state index is -0.835. The first-order valence-corrected chi connectivity index (χ1v) is 9.07. The third kappa shape index (κ3) is 5.37. The fourth-order valence-electron chi connectivity index (χ4n) is 3.61. The molecule has 2 aromatic heterocycles. The minimum absolute atomic E-state index is 0.0234. The van der Waals surface area contributed by atoms with Crippen molar-refractivity contribution < 1.29 is 14.4 Å². The van der Waals surface area contributed by atoms with Crippen LogP contribution in [-0.4, -0.2) is 36.0 Å². The molecule has 25 heavy (non-hydrogen) atoms. The Morgan fingerprint density at radius 1 is 1.36 bits per heavy atom. The Labute approximate surface area is 146 Å². The van der Waals surface area contributed by atoms with Gasteiger partial charge in [-0.3, -0.25) is 4.79 Å². The van der Waals surface area contributed by atoms with Gasteiger partial charge in [0.05, 0.1) is 6.42 Å². The van der Waals surface area contributed by atoms with Gasteiger partial charge < -0.3 is 9.63 Å². The zero-order valence-electron chi connectivity index (χ0n) is 14.4. The van der Waals surface area contributed by atoms with Gasteiger partial charge >= 0.3 is 5.97 Å². The summed E-state index contributed by atoms with van der Waals surface area (Å²) in [6, 6.07) is 0. The summed E-state index contributed by atoms with van der Waals surface area (Å²) in [6.45, 7) is 0.366. The topological polar surface area (TPSA) is 107 Å². The van der Waals surface area contributed by atoms with Gasteiger partial charge in [0.25, 0.3) is 0 Å². The molecule has 2 aromatic rings. The van der Waals surface area contributed by atoms with Crippen molar-refractivity contribution >= 4 is 5.97 Å². The third-order valence-electron chi connectivity index (χ3n) is 4.91.